The summed E-state index contributed by atoms with van der Waals surface area (Å²) in [5, 5.41) is 13.3. The summed E-state index contributed by atoms with van der Waals surface area (Å²) < 4.78 is 24.7. The fourth-order valence-electron chi connectivity index (χ4n) is 3.14. The van der Waals surface area contributed by atoms with Gasteiger partial charge in [-0.05, 0) is 49.2 Å². The first-order chi connectivity index (χ1) is 14.0. The van der Waals surface area contributed by atoms with Gasteiger partial charge in [-0.15, -0.1) is 0 Å². The highest BCUT2D eigenvalue weighted by Gasteiger charge is 2.19. The van der Waals surface area contributed by atoms with Gasteiger partial charge in [-0.1, -0.05) is 11.6 Å². The highest BCUT2D eigenvalue weighted by Crippen LogP contribution is 2.25. The average Bonchev–Trinajstić information content (AvgIpc) is 3.21. The fourth-order valence-corrected chi connectivity index (χ4v) is 3.35. The van der Waals surface area contributed by atoms with Crippen molar-refractivity contribution in [1.82, 2.24) is 5.32 Å². The molecule has 2 N–H and O–H groups in total. The minimum absolute atomic E-state index is 0.00134. The molecule has 0 bridgehead atoms. The third kappa shape index (κ3) is 4.41. The largest absolute Gasteiger partial charge is 0.508 e. The molecule has 2 heterocycles. The third-order valence-corrected chi connectivity index (χ3v) is 4.93. The quantitative estimate of drug-likeness (QED) is 0.671. The Balaban J connectivity index is 1.78. The molecule has 0 unspecified atom stereocenters. The molecule has 150 valence electrons. The van der Waals surface area contributed by atoms with Gasteiger partial charge in [0.2, 0.25) is 5.55 Å². The molecule has 0 aliphatic carbocycles. The first-order valence-electron chi connectivity index (χ1n) is 9.16. The minimum Gasteiger partial charge on any atom is -0.508 e. The van der Waals surface area contributed by atoms with Gasteiger partial charge < -0.3 is 19.6 Å². The molecule has 0 radical (unpaired) electrons. The van der Waals surface area contributed by atoms with Gasteiger partial charge in [0, 0.05) is 24.6 Å². The number of carbonyl (C=O) groups is 1. The molecule has 1 amide bonds. The lowest BCUT2D eigenvalue weighted by molar-refractivity contribution is 0.0854. The zero-order valence-electron chi connectivity index (χ0n) is 15.3. The lowest BCUT2D eigenvalue weighted by Gasteiger charge is -2.11. The molecule has 1 saturated heterocycles. The Kier molecular flexibility index (Phi) is 5.51. The number of fused-ring (bicyclic) bond motifs is 1. The van der Waals surface area contributed by atoms with Crippen molar-refractivity contribution in [2.75, 3.05) is 13.2 Å². The summed E-state index contributed by atoms with van der Waals surface area (Å²) in [5.41, 5.74) is 0.796. The van der Waals surface area contributed by atoms with Crippen LogP contribution in [-0.2, 0) is 4.74 Å². The van der Waals surface area contributed by atoms with Crippen molar-refractivity contribution in [2.24, 2.45) is 4.99 Å². The molecule has 1 fully saturated rings. The normalized spacial score (nSPS) is 17.0. The number of amides is 1. The van der Waals surface area contributed by atoms with Crippen molar-refractivity contribution in [3.63, 3.8) is 0 Å². The van der Waals surface area contributed by atoms with Crippen molar-refractivity contribution in [3.8, 4) is 5.75 Å². The van der Waals surface area contributed by atoms with Crippen LogP contribution in [-0.4, -0.2) is 30.3 Å². The maximum atomic E-state index is 13.3. The van der Waals surface area contributed by atoms with Crippen LogP contribution in [0.2, 0.25) is 5.02 Å². The summed E-state index contributed by atoms with van der Waals surface area (Å²) in [6, 6.07) is 9.93. The first kappa shape index (κ1) is 19.4. The van der Waals surface area contributed by atoms with Crippen molar-refractivity contribution in [3.05, 3.63) is 64.4 Å². The molecular weight excluding hydrogens is 399 g/mol. The van der Waals surface area contributed by atoms with E-state index in [2.05, 4.69) is 10.3 Å². The van der Waals surface area contributed by atoms with Crippen LogP contribution >= 0.6 is 11.6 Å². The van der Waals surface area contributed by atoms with Gasteiger partial charge in [0.15, 0.2) is 0 Å². The van der Waals surface area contributed by atoms with Crippen molar-refractivity contribution < 1.29 is 23.4 Å². The Bertz CT molecular complexity index is 1140. The molecular formula is C21H18ClFN2O4. The third-order valence-electron chi connectivity index (χ3n) is 4.62. The van der Waals surface area contributed by atoms with Gasteiger partial charge >= 0.3 is 0 Å². The number of nitrogens with one attached hydrogen (secondary N) is 1. The maximum absolute atomic E-state index is 13.3. The molecule has 1 atom stereocenters. The maximum Gasteiger partial charge on any atom is 0.256 e. The number of rotatable bonds is 4. The molecule has 4 rings (SSSR count). The molecule has 2 aromatic carbocycles. The predicted octanol–water partition coefficient (Wildman–Crippen LogP) is 4.07. The molecule has 1 aliphatic rings. The molecule has 1 aromatic heterocycles. The van der Waals surface area contributed by atoms with E-state index in [0.717, 1.165) is 18.9 Å². The predicted molar refractivity (Wildman–Crippen MR) is 106 cm³/mol. The van der Waals surface area contributed by atoms with Crippen molar-refractivity contribution >= 4 is 34.2 Å². The molecule has 0 spiro atoms. The van der Waals surface area contributed by atoms with Crippen LogP contribution in [0.5, 0.6) is 5.75 Å². The summed E-state index contributed by atoms with van der Waals surface area (Å²) >= 11 is 6.07. The van der Waals surface area contributed by atoms with E-state index in [1.165, 1.54) is 24.3 Å². The number of phenolic OH excluding ortho intramolecular Hbond substituents is 1. The number of halogens is 2. The molecule has 1 aliphatic heterocycles. The zero-order valence-corrected chi connectivity index (χ0v) is 16.1. The SMILES string of the molecule is O=C(NC[C@H]1CCCO1)c1cc2ccc(O)cc2oc1=Nc1ccc(F)cc1Cl. The highest BCUT2D eigenvalue weighted by atomic mass is 35.5. The van der Waals surface area contributed by atoms with Gasteiger partial charge in [0.1, 0.15) is 22.7 Å². The number of carbonyl (C=O) groups excluding carboxylic acids is 1. The van der Waals surface area contributed by atoms with Crippen LogP contribution in [0.1, 0.15) is 23.2 Å². The number of phenols is 1. The van der Waals surface area contributed by atoms with Crippen molar-refractivity contribution in [2.45, 2.75) is 18.9 Å². The lowest BCUT2D eigenvalue weighted by Crippen LogP contribution is -2.34. The van der Waals surface area contributed by atoms with Crippen LogP contribution in [0.3, 0.4) is 0 Å². The number of hydrogen-bond donors (Lipinski definition) is 2. The molecule has 3 aromatic rings. The Morgan fingerprint density at radius 2 is 2.14 bits per heavy atom. The first-order valence-corrected chi connectivity index (χ1v) is 9.54. The Morgan fingerprint density at radius 1 is 1.28 bits per heavy atom. The number of benzene rings is 2. The number of hydrogen-bond acceptors (Lipinski definition) is 5. The summed E-state index contributed by atoms with van der Waals surface area (Å²) in [6.45, 7) is 1.07. The van der Waals surface area contributed by atoms with Gasteiger partial charge in [0.05, 0.1) is 16.8 Å². The fraction of sp³-hybridized carbons (Fsp3) is 0.238. The van der Waals surface area contributed by atoms with Gasteiger partial charge in [-0.25, -0.2) is 9.38 Å². The van der Waals surface area contributed by atoms with Crippen molar-refractivity contribution in [1.29, 1.82) is 0 Å². The topological polar surface area (TPSA) is 84.1 Å². The lowest BCUT2D eigenvalue weighted by atomic mass is 10.1. The van der Waals surface area contributed by atoms with E-state index in [9.17, 15) is 14.3 Å². The highest BCUT2D eigenvalue weighted by molar-refractivity contribution is 6.32. The van der Waals surface area contributed by atoms with E-state index in [4.69, 9.17) is 20.8 Å². The average molecular weight is 417 g/mol. The molecule has 29 heavy (non-hydrogen) atoms. The number of nitrogens with zero attached hydrogens (tertiary/aromatic N) is 1. The van der Waals surface area contributed by atoms with E-state index in [1.54, 1.807) is 12.1 Å². The monoisotopic (exact) mass is 416 g/mol. The smallest absolute Gasteiger partial charge is 0.256 e. The van der Waals surface area contributed by atoms with Gasteiger partial charge in [-0.3, -0.25) is 4.79 Å². The van der Waals surface area contributed by atoms with Gasteiger partial charge in [0.25, 0.3) is 5.91 Å². The Hall–Kier alpha value is -2.90. The van der Waals surface area contributed by atoms with Crippen LogP contribution in [0.25, 0.3) is 11.0 Å². The summed E-state index contributed by atoms with van der Waals surface area (Å²) in [7, 11) is 0. The number of aromatic hydroxyl groups is 1. The second-order valence-electron chi connectivity index (χ2n) is 6.74. The van der Waals surface area contributed by atoms with Gasteiger partial charge in [-0.2, -0.15) is 0 Å². The van der Waals surface area contributed by atoms with Crippen LogP contribution in [0, 0.1) is 5.82 Å². The van der Waals surface area contributed by atoms with E-state index in [0.29, 0.717) is 24.1 Å². The second-order valence-corrected chi connectivity index (χ2v) is 7.15. The van der Waals surface area contributed by atoms with Crippen LogP contribution in [0.15, 0.2) is 51.9 Å². The van der Waals surface area contributed by atoms with Crippen LogP contribution in [0.4, 0.5) is 10.1 Å². The standard InChI is InChI=1S/C21H18ClFN2O4/c22-17-9-13(23)4-6-18(17)25-21-16(20(27)24-11-15-2-1-7-28-15)8-12-3-5-14(26)10-19(12)29-21/h3-6,8-10,15,26H,1-2,7,11H2,(H,24,27)/t15-/m1/s1. The van der Waals surface area contributed by atoms with E-state index in [-0.39, 0.29) is 39.6 Å². The summed E-state index contributed by atoms with van der Waals surface area (Å²) in [5.74, 6) is -0.859. The summed E-state index contributed by atoms with van der Waals surface area (Å²) in [6.07, 6.45) is 1.85. The van der Waals surface area contributed by atoms with E-state index in [1.807, 2.05) is 0 Å². The Labute approximate surface area is 170 Å². The second kappa shape index (κ2) is 8.23. The van der Waals surface area contributed by atoms with E-state index >= 15 is 0 Å². The minimum atomic E-state index is -0.496. The number of ether oxygens (including phenoxy) is 1. The molecule has 6 nitrogen and oxygen atoms in total. The molecule has 8 heteroatoms. The molecule has 0 saturated carbocycles. The van der Waals surface area contributed by atoms with Crippen LogP contribution < -0.4 is 10.9 Å². The van der Waals surface area contributed by atoms with E-state index < -0.39 is 5.82 Å². The zero-order chi connectivity index (χ0) is 20.4. The Morgan fingerprint density at radius 3 is 2.90 bits per heavy atom. The summed E-state index contributed by atoms with van der Waals surface area (Å²) in [4.78, 5) is 17.2.